The number of aromatic nitrogens is 2. The van der Waals surface area contributed by atoms with Gasteiger partial charge in [-0.1, -0.05) is 34.5 Å². The highest BCUT2D eigenvalue weighted by Gasteiger charge is 2.17. The molecule has 4 aromatic rings. The van der Waals surface area contributed by atoms with Gasteiger partial charge in [-0.05, 0) is 67.6 Å². The number of hydrogen-bond acceptors (Lipinski definition) is 7. The molecule has 0 bridgehead atoms. The number of ether oxygens (including phenoxy) is 1. The number of carbonyl (C=O) groups is 2. The van der Waals surface area contributed by atoms with Crippen LogP contribution in [0.2, 0.25) is 10.0 Å². The van der Waals surface area contributed by atoms with E-state index in [1.165, 1.54) is 24.3 Å². The van der Waals surface area contributed by atoms with Crippen molar-refractivity contribution >= 4 is 57.2 Å². The second-order valence-corrected chi connectivity index (χ2v) is 8.96. The van der Waals surface area contributed by atoms with Crippen LogP contribution in [0.1, 0.15) is 27.6 Å². The zero-order valence-electron chi connectivity index (χ0n) is 18.2. The highest BCUT2D eigenvalue weighted by atomic mass is 35.5. The van der Waals surface area contributed by atoms with Crippen molar-refractivity contribution in [1.29, 1.82) is 0 Å². The Labute approximate surface area is 214 Å². The van der Waals surface area contributed by atoms with Gasteiger partial charge in [-0.15, -0.1) is 10.2 Å². The van der Waals surface area contributed by atoms with Crippen LogP contribution < -0.4 is 15.4 Å². The minimum Gasteiger partial charge on any atom is -0.506 e. The number of halogens is 2. The standard InChI is InChI=1S/C24H18Cl2N4O4S/c1-2-34-17-9-7-16(8-10-17)27-21(32)13-3-5-14(6-4-13)22(33)28-24-30-29-23(35-24)18-11-15(25)12-19(26)20(18)31/h3-12,31H,2H2,1H3,(H,27,32)(H,28,30,33). The fourth-order valence-electron chi connectivity index (χ4n) is 3.06. The molecule has 0 aliphatic rings. The van der Waals surface area contributed by atoms with Gasteiger partial charge >= 0.3 is 0 Å². The molecule has 11 heteroatoms. The molecule has 4 rings (SSSR count). The third kappa shape index (κ3) is 5.89. The van der Waals surface area contributed by atoms with Crippen molar-refractivity contribution in [2.24, 2.45) is 0 Å². The average Bonchev–Trinajstić information content (AvgIpc) is 3.31. The van der Waals surface area contributed by atoms with E-state index in [9.17, 15) is 14.7 Å². The van der Waals surface area contributed by atoms with Gasteiger partial charge in [-0.2, -0.15) is 0 Å². The van der Waals surface area contributed by atoms with Crippen LogP contribution in [0.15, 0.2) is 60.7 Å². The highest BCUT2D eigenvalue weighted by molar-refractivity contribution is 7.18. The third-order valence-corrected chi connectivity index (χ3v) is 6.11. The van der Waals surface area contributed by atoms with Gasteiger partial charge in [0.05, 0.1) is 17.2 Å². The molecule has 0 fully saturated rings. The molecule has 3 N–H and O–H groups in total. The predicted molar refractivity (Wildman–Crippen MR) is 137 cm³/mol. The smallest absolute Gasteiger partial charge is 0.257 e. The Kier molecular flexibility index (Phi) is 7.50. The van der Waals surface area contributed by atoms with Crippen molar-refractivity contribution < 1.29 is 19.4 Å². The average molecular weight is 529 g/mol. The maximum Gasteiger partial charge on any atom is 0.257 e. The van der Waals surface area contributed by atoms with Gasteiger partial charge in [0.2, 0.25) is 5.13 Å². The van der Waals surface area contributed by atoms with Crippen molar-refractivity contribution in [3.05, 3.63) is 81.8 Å². The summed E-state index contributed by atoms with van der Waals surface area (Å²) in [7, 11) is 0. The largest absolute Gasteiger partial charge is 0.506 e. The topological polar surface area (TPSA) is 113 Å². The summed E-state index contributed by atoms with van der Waals surface area (Å²) in [5.74, 6) is -0.199. The first-order valence-electron chi connectivity index (χ1n) is 10.3. The summed E-state index contributed by atoms with van der Waals surface area (Å²) in [6, 6.07) is 16.1. The Morgan fingerprint density at radius 2 is 1.57 bits per heavy atom. The van der Waals surface area contributed by atoms with Crippen molar-refractivity contribution in [3.63, 3.8) is 0 Å². The number of phenolic OH excluding ortho intramolecular Hbond substituents is 1. The maximum absolute atomic E-state index is 12.6. The minimum atomic E-state index is -0.431. The van der Waals surface area contributed by atoms with Gasteiger partial charge < -0.3 is 15.2 Å². The van der Waals surface area contributed by atoms with Gasteiger partial charge in [0, 0.05) is 21.8 Å². The number of nitrogens with zero attached hydrogens (tertiary/aromatic N) is 2. The number of nitrogens with one attached hydrogen (secondary N) is 2. The number of rotatable bonds is 7. The van der Waals surface area contributed by atoms with Gasteiger partial charge in [0.1, 0.15) is 11.5 Å². The van der Waals surface area contributed by atoms with Crippen LogP contribution in [-0.2, 0) is 0 Å². The quantitative estimate of drug-likeness (QED) is 0.266. The number of aromatic hydroxyl groups is 1. The second kappa shape index (κ2) is 10.7. The lowest BCUT2D eigenvalue weighted by Crippen LogP contribution is -2.14. The lowest BCUT2D eigenvalue weighted by molar-refractivity contribution is 0.101. The molecule has 8 nitrogen and oxygen atoms in total. The lowest BCUT2D eigenvalue weighted by atomic mass is 10.1. The molecule has 178 valence electrons. The van der Waals surface area contributed by atoms with E-state index in [1.807, 2.05) is 6.92 Å². The monoisotopic (exact) mass is 528 g/mol. The Morgan fingerprint density at radius 1 is 0.943 bits per heavy atom. The summed E-state index contributed by atoms with van der Waals surface area (Å²) in [5, 5.41) is 24.5. The van der Waals surface area contributed by atoms with E-state index in [2.05, 4.69) is 20.8 Å². The summed E-state index contributed by atoms with van der Waals surface area (Å²) in [6.45, 7) is 2.46. The molecule has 0 atom stereocenters. The first kappa shape index (κ1) is 24.5. The normalized spacial score (nSPS) is 10.6. The van der Waals surface area contributed by atoms with E-state index in [4.69, 9.17) is 27.9 Å². The first-order valence-corrected chi connectivity index (χ1v) is 11.9. The molecule has 0 unspecified atom stereocenters. The molecule has 2 amide bonds. The lowest BCUT2D eigenvalue weighted by Gasteiger charge is -2.08. The van der Waals surface area contributed by atoms with E-state index in [0.717, 1.165) is 17.1 Å². The first-order chi connectivity index (χ1) is 16.8. The van der Waals surface area contributed by atoms with E-state index >= 15 is 0 Å². The summed E-state index contributed by atoms with van der Waals surface area (Å²) in [6.07, 6.45) is 0. The summed E-state index contributed by atoms with van der Waals surface area (Å²) in [4.78, 5) is 25.1. The molecule has 0 aliphatic carbocycles. The predicted octanol–water partition coefficient (Wildman–Crippen LogP) is 6.12. The number of anilines is 2. The number of amides is 2. The molecular weight excluding hydrogens is 511 g/mol. The Morgan fingerprint density at radius 3 is 2.20 bits per heavy atom. The molecule has 0 aliphatic heterocycles. The summed E-state index contributed by atoms with van der Waals surface area (Å²) in [5.41, 5.74) is 1.65. The van der Waals surface area contributed by atoms with Crippen molar-refractivity contribution in [2.45, 2.75) is 6.92 Å². The Balaban J connectivity index is 1.40. The highest BCUT2D eigenvalue weighted by Crippen LogP contribution is 2.39. The van der Waals surface area contributed by atoms with E-state index in [-0.39, 0.29) is 21.8 Å². The zero-order valence-corrected chi connectivity index (χ0v) is 20.5. The molecule has 35 heavy (non-hydrogen) atoms. The third-order valence-electron chi connectivity index (χ3n) is 4.74. The van der Waals surface area contributed by atoms with Crippen molar-refractivity contribution in [3.8, 4) is 22.1 Å². The fourth-order valence-corrected chi connectivity index (χ4v) is 4.31. The van der Waals surface area contributed by atoms with Crippen LogP contribution in [0.5, 0.6) is 11.5 Å². The van der Waals surface area contributed by atoms with Crippen LogP contribution in [0.4, 0.5) is 10.8 Å². The molecule has 1 heterocycles. The van der Waals surface area contributed by atoms with Crippen molar-refractivity contribution in [1.82, 2.24) is 10.2 Å². The second-order valence-electron chi connectivity index (χ2n) is 7.14. The number of hydrogen-bond donors (Lipinski definition) is 3. The molecule has 0 saturated heterocycles. The fraction of sp³-hybridized carbons (Fsp3) is 0.0833. The van der Waals surface area contributed by atoms with Gasteiger partial charge in [-0.25, -0.2) is 0 Å². The van der Waals surface area contributed by atoms with Gasteiger partial charge in [0.25, 0.3) is 11.8 Å². The van der Waals surface area contributed by atoms with Gasteiger partial charge in [-0.3, -0.25) is 14.9 Å². The summed E-state index contributed by atoms with van der Waals surface area (Å²) >= 11 is 13.0. The Hall–Kier alpha value is -3.66. The Bertz CT molecular complexity index is 1380. The molecule has 1 aromatic heterocycles. The number of benzene rings is 3. The molecule has 0 spiro atoms. The number of phenols is 1. The molecule has 0 saturated carbocycles. The number of carbonyl (C=O) groups excluding carboxylic acids is 2. The SMILES string of the molecule is CCOc1ccc(NC(=O)c2ccc(C(=O)Nc3nnc(-c4cc(Cl)cc(Cl)c4O)s3)cc2)cc1. The van der Waals surface area contributed by atoms with Crippen LogP contribution in [0.25, 0.3) is 10.6 Å². The van der Waals surface area contributed by atoms with E-state index in [0.29, 0.717) is 39.0 Å². The van der Waals surface area contributed by atoms with Crippen LogP contribution >= 0.6 is 34.5 Å². The van der Waals surface area contributed by atoms with Crippen LogP contribution in [-0.4, -0.2) is 33.7 Å². The van der Waals surface area contributed by atoms with E-state index < -0.39 is 5.91 Å². The molecule has 0 radical (unpaired) electrons. The van der Waals surface area contributed by atoms with Gasteiger partial charge in [0.15, 0.2) is 5.01 Å². The maximum atomic E-state index is 12.6. The molecule has 3 aromatic carbocycles. The summed E-state index contributed by atoms with van der Waals surface area (Å²) < 4.78 is 5.39. The van der Waals surface area contributed by atoms with Crippen LogP contribution in [0.3, 0.4) is 0 Å². The van der Waals surface area contributed by atoms with Crippen LogP contribution in [0, 0.1) is 0 Å². The minimum absolute atomic E-state index is 0.0833. The zero-order chi connectivity index (χ0) is 24.9. The molecular formula is C24H18Cl2N4O4S. The van der Waals surface area contributed by atoms with E-state index in [1.54, 1.807) is 36.4 Å². The van der Waals surface area contributed by atoms with Crippen molar-refractivity contribution in [2.75, 3.05) is 17.2 Å².